The number of nitrogens with one attached hydrogen (secondary N) is 2. The van der Waals surface area contributed by atoms with Crippen molar-refractivity contribution < 1.29 is 0 Å². The van der Waals surface area contributed by atoms with Gasteiger partial charge in [-0.25, -0.2) is 4.99 Å². The van der Waals surface area contributed by atoms with E-state index < -0.39 is 0 Å². The van der Waals surface area contributed by atoms with Gasteiger partial charge in [0.2, 0.25) is 0 Å². The van der Waals surface area contributed by atoms with Gasteiger partial charge in [0.15, 0.2) is 0 Å². The number of hydrogen-bond acceptors (Lipinski definition) is 3. The molecular weight excluding hydrogens is 683 g/mol. The van der Waals surface area contributed by atoms with Crippen LogP contribution < -0.4 is 10.6 Å². The Morgan fingerprint density at radius 2 is 1.32 bits per heavy atom. The second-order valence-electron chi connectivity index (χ2n) is 15.3. The van der Waals surface area contributed by atoms with Crippen molar-refractivity contribution in [2.24, 2.45) is 4.99 Å². The zero-order chi connectivity index (χ0) is 37.0. The Labute approximate surface area is 327 Å². The lowest BCUT2D eigenvalue weighted by molar-refractivity contribution is 0.434. The van der Waals surface area contributed by atoms with Gasteiger partial charge in [-0.2, -0.15) is 0 Å². The van der Waals surface area contributed by atoms with Crippen LogP contribution in [0.25, 0.3) is 61.3 Å². The second-order valence-corrected chi connectivity index (χ2v) is 15.3. The molecule has 0 amide bonds. The van der Waals surface area contributed by atoms with E-state index in [0.29, 0.717) is 0 Å². The number of allylic oxidation sites excluding steroid dienone is 5. The van der Waals surface area contributed by atoms with Gasteiger partial charge in [0.05, 0.1) is 16.6 Å². The number of amidine groups is 1. The second kappa shape index (κ2) is 13.7. The topological polar surface area (TPSA) is 46.3 Å². The smallest absolute Gasteiger partial charge is 0.131 e. The molecule has 5 nitrogen and oxygen atoms in total. The maximum absolute atomic E-state index is 5.30. The monoisotopic (exact) mass is 725 g/mol. The van der Waals surface area contributed by atoms with Gasteiger partial charge in [0.25, 0.3) is 0 Å². The molecular formula is C51H43N5. The van der Waals surface area contributed by atoms with Crippen molar-refractivity contribution in [1.82, 2.24) is 19.8 Å². The Morgan fingerprint density at radius 3 is 2.14 bits per heavy atom. The number of aliphatic imine (C=N–C) groups is 1. The number of fused-ring (bicyclic) bond motifs is 6. The predicted octanol–water partition coefficient (Wildman–Crippen LogP) is 11.8. The van der Waals surface area contributed by atoms with E-state index in [1.165, 1.54) is 77.6 Å². The molecule has 11 rings (SSSR count). The molecule has 1 aliphatic heterocycles. The highest BCUT2D eigenvalue weighted by atomic mass is 15.3. The molecule has 0 spiro atoms. The van der Waals surface area contributed by atoms with Crippen molar-refractivity contribution in [3.63, 3.8) is 0 Å². The van der Waals surface area contributed by atoms with Gasteiger partial charge in [-0.3, -0.25) is 5.32 Å². The lowest BCUT2D eigenvalue weighted by atomic mass is 9.98. The van der Waals surface area contributed by atoms with E-state index >= 15 is 0 Å². The molecule has 0 radical (unpaired) electrons. The minimum atomic E-state index is -0.114. The van der Waals surface area contributed by atoms with Crippen LogP contribution in [-0.4, -0.2) is 21.1 Å². The number of nitrogens with zero attached hydrogens (tertiary/aromatic N) is 3. The van der Waals surface area contributed by atoms with Crippen molar-refractivity contribution in [3.05, 3.63) is 186 Å². The van der Waals surface area contributed by atoms with E-state index in [0.717, 1.165) is 49.9 Å². The quantitative estimate of drug-likeness (QED) is 0.179. The maximum Gasteiger partial charge on any atom is 0.131 e. The van der Waals surface area contributed by atoms with Crippen LogP contribution in [0.15, 0.2) is 174 Å². The minimum absolute atomic E-state index is 0.0473. The van der Waals surface area contributed by atoms with Gasteiger partial charge in [-0.1, -0.05) is 115 Å². The van der Waals surface area contributed by atoms with Crippen LogP contribution in [0.2, 0.25) is 0 Å². The fourth-order valence-corrected chi connectivity index (χ4v) is 9.29. The molecule has 2 atom stereocenters. The maximum atomic E-state index is 5.30. The lowest BCUT2D eigenvalue weighted by Gasteiger charge is -2.33. The van der Waals surface area contributed by atoms with E-state index in [9.17, 15) is 0 Å². The van der Waals surface area contributed by atoms with Crippen molar-refractivity contribution >= 4 is 50.3 Å². The zero-order valence-corrected chi connectivity index (χ0v) is 31.3. The minimum Gasteiger partial charge on any atom is -0.350 e. The van der Waals surface area contributed by atoms with Gasteiger partial charge in [0.1, 0.15) is 18.2 Å². The first-order valence-corrected chi connectivity index (χ1v) is 20.1. The van der Waals surface area contributed by atoms with Crippen molar-refractivity contribution in [2.75, 3.05) is 0 Å². The SMILES string of the molecule is C1=CC(C2N=C(C3=CCCC(n4c5ccccc5c5cc(-c6ccc7c(c6)c6c(n7-c7ccccc7)CCC=C6)ccc54)=C3)NC(c3ccccc3)N2)=CCC1. The summed E-state index contributed by atoms with van der Waals surface area (Å²) in [6, 6.07) is 44.4. The van der Waals surface area contributed by atoms with Crippen LogP contribution >= 0.6 is 0 Å². The Hall–Kier alpha value is -6.43. The van der Waals surface area contributed by atoms with E-state index in [2.05, 4.69) is 184 Å². The van der Waals surface area contributed by atoms with Crippen LogP contribution in [0.4, 0.5) is 0 Å². The molecule has 5 aromatic carbocycles. The summed E-state index contributed by atoms with van der Waals surface area (Å²) in [7, 11) is 0. The van der Waals surface area contributed by atoms with Gasteiger partial charge in [0, 0.05) is 44.4 Å². The summed E-state index contributed by atoms with van der Waals surface area (Å²) >= 11 is 0. The van der Waals surface area contributed by atoms with Crippen molar-refractivity contribution in [3.8, 4) is 16.8 Å². The highest BCUT2D eigenvalue weighted by Gasteiger charge is 2.28. The standard InChI is InChI=1S/C51H43N5/c1-4-15-34(16-5-1)49-52-50(35-17-6-2-7-18-35)54-51(53-49)38-19-14-22-40(31-38)56-46-26-13-11-24-42(46)44-33-37(28-30-48(44)56)36-27-29-47-43(32-36)41-23-10-12-25-45(41)55(47)39-20-8-3-9-21-39/h1,3-6,8-11,13,15-21,23-24,26-33,49-50,52H,2,7,12,14,22,25H2,(H,53,54). The Morgan fingerprint density at radius 1 is 0.589 bits per heavy atom. The van der Waals surface area contributed by atoms with Crippen LogP contribution in [0.5, 0.6) is 0 Å². The Balaban J connectivity index is 0.994. The number of rotatable bonds is 6. The van der Waals surface area contributed by atoms with Crippen LogP contribution in [0, 0.1) is 0 Å². The molecule has 2 N–H and O–H groups in total. The molecule has 2 aromatic heterocycles. The highest BCUT2D eigenvalue weighted by Crippen LogP contribution is 2.40. The molecule has 2 unspecified atom stereocenters. The molecule has 272 valence electrons. The van der Waals surface area contributed by atoms with E-state index in [1.807, 2.05) is 0 Å². The van der Waals surface area contributed by atoms with Gasteiger partial charge in [-0.15, -0.1) is 0 Å². The molecule has 0 saturated heterocycles. The average Bonchev–Trinajstić information content (AvgIpc) is 3.79. The van der Waals surface area contributed by atoms with E-state index in [1.54, 1.807) is 0 Å². The normalized spacial score (nSPS) is 19.4. The number of para-hydroxylation sites is 2. The Bertz CT molecular complexity index is 2860. The first kappa shape index (κ1) is 33.0. The van der Waals surface area contributed by atoms with Crippen molar-refractivity contribution in [2.45, 2.75) is 50.9 Å². The molecule has 4 aliphatic rings. The summed E-state index contributed by atoms with van der Waals surface area (Å²) < 4.78 is 4.96. The molecule has 0 fully saturated rings. The lowest BCUT2D eigenvalue weighted by Crippen LogP contribution is -2.49. The van der Waals surface area contributed by atoms with E-state index in [4.69, 9.17) is 4.99 Å². The number of hydrogen-bond donors (Lipinski definition) is 2. The number of aromatic nitrogens is 2. The molecule has 0 bridgehead atoms. The van der Waals surface area contributed by atoms with Crippen LogP contribution in [0.1, 0.15) is 55.1 Å². The van der Waals surface area contributed by atoms with Gasteiger partial charge >= 0.3 is 0 Å². The van der Waals surface area contributed by atoms with Gasteiger partial charge < -0.3 is 14.5 Å². The first-order valence-electron chi connectivity index (χ1n) is 20.1. The largest absolute Gasteiger partial charge is 0.350 e. The first-order chi connectivity index (χ1) is 27.8. The highest BCUT2D eigenvalue weighted by molar-refractivity contribution is 6.12. The van der Waals surface area contributed by atoms with Crippen LogP contribution in [-0.2, 0) is 6.42 Å². The number of benzene rings is 5. The average molecular weight is 726 g/mol. The molecule has 5 heteroatoms. The summed E-state index contributed by atoms with van der Waals surface area (Å²) in [5.74, 6) is 0.941. The van der Waals surface area contributed by atoms with Crippen LogP contribution in [0.3, 0.4) is 0 Å². The third-order valence-corrected chi connectivity index (χ3v) is 11.9. The fourth-order valence-electron chi connectivity index (χ4n) is 9.29. The molecule has 3 heterocycles. The third kappa shape index (κ3) is 5.61. The van der Waals surface area contributed by atoms with E-state index in [-0.39, 0.29) is 12.3 Å². The van der Waals surface area contributed by atoms with Crippen molar-refractivity contribution in [1.29, 1.82) is 0 Å². The summed E-state index contributed by atoms with van der Waals surface area (Å²) in [6.07, 6.45) is 22.2. The molecule has 3 aliphatic carbocycles. The molecule has 7 aromatic rings. The molecule has 56 heavy (non-hydrogen) atoms. The zero-order valence-electron chi connectivity index (χ0n) is 31.3. The predicted molar refractivity (Wildman–Crippen MR) is 234 cm³/mol. The summed E-state index contributed by atoms with van der Waals surface area (Å²) in [5, 5.41) is 11.4. The summed E-state index contributed by atoms with van der Waals surface area (Å²) in [6.45, 7) is 0. The fraction of sp³-hybridized carbons (Fsp3) is 0.157. The summed E-state index contributed by atoms with van der Waals surface area (Å²) in [5.41, 5.74) is 15.1. The van der Waals surface area contributed by atoms with Gasteiger partial charge in [-0.05, 0) is 109 Å². The summed E-state index contributed by atoms with van der Waals surface area (Å²) in [4.78, 5) is 5.30. The Kier molecular flexibility index (Phi) is 8.06. The molecule has 0 saturated carbocycles. The third-order valence-electron chi connectivity index (χ3n) is 11.9.